The summed E-state index contributed by atoms with van der Waals surface area (Å²) in [5.41, 5.74) is 1.12. The van der Waals surface area contributed by atoms with Crippen molar-refractivity contribution < 1.29 is 4.79 Å². The molecule has 1 N–H and O–H groups in total. The monoisotopic (exact) mass is 251 g/mol. The maximum Gasteiger partial charge on any atom is 0.223 e. The summed E-state index contributed by atoms with van der Waals surface area (Å²) in [7, 11) is 0. The third-order valence-electron chi connectivity index (χ3n) is 3.79. The van der Waals surface area contributed by atoms with Crippen LogP contribution in [0.3, 0.4) is 0 Å². The van der Waals surface area contributed by atoms with Crippen molar-refractivity contribution in [2.45, 2.75) is 71.8 Å². The van der Waals surface area contributed by atoms with Crippen LogP contribution < -0.4 is 5.32 Å². The molecule has 0 saturated heterocycles. The maximum atomic E-state index is 12.1. The van der Waals surface area contributed by atoms with Crippen LogP contribution in [0.5, 0.6) is 0 Å². The van der Waals surface area contributed by atoms with Gasteiger partial charge in [-0.25, -0.2) is 0 Å². The fourth-order valence-electron chi connectivity index (χ4n) is 2.88. The number of nitrogens with one attached hydrogen (secondary N) is 1. The molecule has 1 rings (SSSR count). The molecule has 1 amide bonds. The van der Waals surface area contributed by atoms with Gasteiger partial charge in [0, 0.05) is 12.0 Å². The highest BCUT2D eigenvalue weighted by molar-refractivity contribution is 5.79. The molecule has 18 heavy (non-hydrogen) atoms. The third-order valence-corrected chi connectivity index (χ3v) is 3.79. The molecule has 2 nitrogen and oxygen atoms in total. The molecule has 0 aromatic rings. The van der Waals surface area contributed by atoms with Gasteiger partial charge in [-0.3, -0.25) is 4.79 Å². The average molecular weight is 251 g/mol. The standard InChI is InChI=1S/C16H29NO/c1-12(2)11-15(16(18)17-13(3)4)10-9-14-7-5-6-8-14/h13-15H,1,5-11H2,2-4H3,(H,17,18). The minimum Gasteiger partial charge on any atom is -0.354 e. The fraction of sp³-hybridized carbons (Fsp3) is 0.812. The van der Waals surface area contributed by atoms with Crippen LogP contribution in [0.4, 0.5) is 0 Å². The largest absolute Gasteiger partial charge is 0.354 e. The predicted octanol–water partition coefficient (Wildman–Crippen LogP) is 4.06. The zero-order valence-electron chi connectivity index (χ0n) is 12.3. The van der Waals surface area contributed by atoms with Crippen molar-refractivity contribution in [2.24, 2.45) is 11.8 Å². The van der Waals surface area contributed by atoms with E-state index in [1.54, 1.807) is 0 Å². The lowest BCUT2D eigenvalue weighted by atomic mass is 9.90. The highest BCUT2D eigenvalue weighted by Crippen LogP contribution is 2.31. The Hall–Kier alpha value is -0.790. The second-order valence-corrected chi connectivity index (χ2v) is 6.25. The van der Waals surface area contributed by atoms with Gasteiger partial charge in [0.25, 0.3) is 0 Å². The number of hydrogen-bond acceptors (Lipinski definition) is 1. The van der Waals surface area contributed by atoms with Crippen LogP contribution in [0, 0.1) is 11.8 Å². The van der Waals surface area contributed by atoms with E-state index in [0.29, 0.717) is 0 Å². The molecule has 2 heteroatoms. The SMILES string of the molecule is C=C(C)CC(CCC1CCCC1)C(=O)NC(C)C. The molecule has 0 radical (unpaired) electrons. The van der Waals surface area contributed by atoms with Crippen LogP contribution in [0.25, 0.3) is 0 Å². The summed E-state index contributed by atoms with van der Waals surface area (Å²) in [6, 6.07) is 0.233. The first-order chi connectivity index (χ1) is 8.49. The maximum absolute atomic E-state index is 12.1. The number of carbonyl (C=O) groups excluding carboxylic acids is 1. The van der Waals surface area contributed by atoms with Crippen molar-refractivity contribution in [1.29, 1.82) is 0 Å². The Labute approximate surface area is 112 Å². The number of hydrogen-bond donors (Lipinski definition) is 1. The van der Waals surface area contributed by atoms with Gasteiger partial charge < -0.3 is 5.32 Å². The topological polar surface area (TPSA) is 29.1 Å². The lowest BCUT2D eigenvalue weighted by molar-refractivity contribution is -0.125. The lowest BCUT2D eigenvalue weighted by Gasteiger charge is -2.20. The van der Waals surface area contributed by atoms with Crippen LogP contribution in [0.2, 0.25) is 0 Å². The molecule has 104 valence electrons. The number of amides is 1. The highest BCUT2D eigenvalue weighted by Gasteiger charge is 2.22. The zero-order chi connectivity index (χ0) is 13.5. The molecule has 1 saturated carbocycles. The van der Waals surface area contributed by atoms with E-state index in [2.05, 4.69) is 11.9 Å². The van der Waals surface area contributed by atoms with Gasteiger partial charge in [-0.05, 0) is 46.0 Å². The first-order valence-corrected chi connectivity index (χ1v) is 7.43. The average Bonchev–Trinajstić information content (AvgIpc) is 2.75. The summed E-state index contributed by atoms with van der Waals surface area (Å²) >= 11 is 0. The number of carbonyl (C=O) groups is 1. The number of allylic oxidation sites excluding steroid dienone is 1. The molecule has 0 aliphatic heterocycles. The Balaban J connectivity index is 2.43. The van der Waals surface area contributed by atoms with Gasteiger partial charge in [-0.2, -0.15) is 0 Å². The Morgan fingerprint density at radius 3 is 2.44 bits per heavy atom. The second kappa shape index (κ2) is 7.60. The van der Waals surface area contributed by atoms with E-state index in [9.17, 15) is 4.79 Å². The summed E-state index contributed by atoms with van der Waals surface area (Å²) in [6.45, 7) is 10.0. The molecule has 0 bridgehead atoms. The summed E-state index contributed by atoms with van der Waals surface area (Å²) < 4.78 is 0. The van der Waals surface area contributed by atoms with Crippen molar-refractivity contribution in [3.05, 3.63) is 12.2 Å². The van der Waals surface area contributed by atoms with Gasteiger partial charge in [-0.1, -0.05) is 31.3 Å². The van der Waals surface area contributed by atoms with Crippen molar-refractivity contribution in [3.63, 3.8) is 0 Å². The molecule has 1 unspecified atom stereocenters. The summed E-state index contributed by atoms with van der Waals surface area (Å²) in [6.07, 6.45) is 8.57. The van der Waals surface area contributed by atoms with E-state index in [4.69, 9.17) is 0 Å². The van der Waals surface area contributed by atoms with E-state index in [-0.39, 0.29) is 17.9 Å². The van der Waals surface area contributed by atoms with Crippen LogP contribution in [-0.2, 0) is 4.79 Å². The van der Waals surface area contributed by atoms with Gasteiger partial charge >= 0.3 is 0 Å². The van der Waals surface area contributed by atoms with E-state index in [1.807, 2.05) is 20.8 Å². The van der Waals surface area contributed by atoms with Gasteiger partial charge in [0.05, 0.1) is 0 Å². The Bertz CT molecular complexity index is 277. The highest BCUT2D eigenvalue weighted by atomic mass is 16.1. The molecule has 0 spiro atoms. The summed E-state index contributed by atoms with van der Waals surface area (Å²) in [4.78, 5) is 12.1. The minimum atomic E-state index is 0.130. The second-order valence-electron chi connectivity index (χ2n) is 6.25. The zero-order valence-corrected chi connectivity index (χ0v) is 12.3. The molecule has 0 aromatic heterocycles. The molecule has 1 aliphatic carbocycles. The lowest BCUT2D eigenvalue weighted by Crippen LogP contribution is -2.36. The normalized spacial score (nSPS) is 18.0. The van der Waals surface area contributed by atoms with Crippen molar-refractivity contribution in [2.75, 3.05) is 0 Å². The molecule has 0 aromatic carbocycles. The van der Waals surface area contributed by atoms with Crippen LogP contribution >= 0.6 is 0 Å². The molecular weight excluding hydrogens is 222 g/mol. The third kappa shape index (κ3) is 5.70. The van der Waals surface area contributed by atoms with E-state index >= 15 is 0 Å². The minimum absolute atomic E-state index is 0.130. The van der Waals surface area contributed by atoms with Gasteiger partial charge in [0.15, 0.2) is 0 Å². The molecule has 1 fully saturated rings. The van der Waals surface area contributed by atoms with Gasteiger partial charge in [-0.15, -0.1) is 6.58 Å². The molecule has 0 heterocycles. The van der Waals surface area contributed by atoms with Crippen LogP contribution in [0.1, 0.15) is 65.7 Å². The summed E-state index contributed by atoms with van der Waals surface area (Å²) in [5, 5.41) is 3.04. The number of rotatable bonds is 7. The first kappa shape index (κ1) is 15.3. The Morgan fingerprint density at radius 2 is 1.94 bits per heavy atom. The quantitative estimate of drug-likeness (QED) is 0.679. The smallest absolute Gasteiger partial charge is 0.223 e. The van der Waals surface area contributed by atoms with Gasteiger partial charge in [0.1, 0.15) is 0 Å². The van der Waals surface area contributed by atoms with E-state index < -0.39 is 0 Å². The van der Waals surface area contributed by atoms with Crippen molar-refractivity contribution >= 4 is 5.91 Å². The van der Waals surface area contributed by atoms with Crippen molar-refractivity contribution in [3.8, 4) is 0 Å². The van der Waals surface area contributed by atoms with Crippen LogP contribution in [0.15, 0.2) is 12.2 Å². The van der Waals surface area contributed by atoms with Gasteiger partial charge in [0.2, 0.25) is 5.91 Å². The first-order valence-electron chi connectivity index (χ1n) is 7.43. The van der Waals surface area contributed by atoms with E-state index in [0.717, 1.165) is 24.3 Å². The molecule has 1 atom stereocenters. The molecule has 1 aliphatic rings. The molecular formula is C16H29NO. The fourth-order valence-corrected chi connectivity index (χ4v) is 2.88. The van der Waals surface area contributed by atoms with Crippen LogP contribution in [-0.4, -0.2) is 11.9 Å². The van der Waals surface area contributed by atoms with Crippen molar-refractivity contribution in [1.82, 2.24) is 5.32 Å². The Kier molecular flexibility index (Phi) is 6.45. The Morgan fingerprint density at radius 1 is 1.33 bits per heavy atom. The predicted molar refractivity (Wildman–Crippen MR) is 77.4 cm³/mol. The summed E-state index contributed by atoms with van der Waals surface area (Å²) in [5.74, 6) is 1.21. The van der Waals surface area contributed by atoms with E-state index in [1.165, 1.54) is 32.1 Å².